The van der Waals surface area contributed by atoms with Gasteiger partial charge in [-0.05, 0) is 50.8 Å². The van der Waals surface area contributed by atoms with E-state index in [2.05, 4.69) is 5.32 Å². The van der Waals surface area contributed by atoms with Gasteiger partial charge in [0.15, 0.2) is 6.61 Å². The lowest BCUT2D eigenvalue weighted by atomic mass is 9.97. The van der Waals surface area contributed by atoms with Crippen molar-refractivity contribution in [3.05, 3.63) is 34.9 Å². The number of likely N-dealkylation sites (tertiary alicyclic amines) is 1. The number of halogens is 1. The van der Waals surface area contributed by atoms with Crippen LogP contribution in [0.4, 0.5) is 0 Å². The van der Waals surface area contributed by atoms with E-state index in [1.165, 1.54) is 6.92 Å². The molecule has 1 aliphatic rings. The van der Waals surface area contributed by atoms with Crippen LogP contribution in [0.5, 0.6) is 0 Å². The number of amides is 2. The highest BCUT2D eigenvalue weighted by Gasteiger charge is 2.29. The molecule has 0 aromatic heterocycles. The fraction of sp³-hybridized carbons (Fsp3) is 0.550. The van der Waals surface area contributed by atoms with Crippen LogP contribution < -0.4 is 5.32 Å². The Kier molecular flexibility index (Phi) is 7.66. The molecule has 1 aromatic carbocycles. The summed E-state index contributed by atoms with van der Waals surface area (Å²) in [5.41, 5.74) is 0.746. The SMILES string of the molecule is CC(=O)NC(CC(=O)OCC(=O)N1C(C)CCCC1C)c1ccc(Cl)cc1. The number of nitrogens with zero attached hydrogens (tertiary/aromatic N) is 1. The molecule has 1 heterocycles. The fourth-order valence-corrected chi connectivity index (χ4v) is 3.67. The molecule has 1 saturated heterocycles. The van der Waals surface area contributed by atoms with Crippen molar-refractivity contribution in [1.29, 1.82) is 0 Å². The Labute approximate surface area is 165 Å². The van der Waals surface area contributed by atoms with E-state index in [4.69, 9.17) is 16.3 Å². The molecule has 2 rings (SSSR count). The number of benzene rings is 1. The van der Waals surface area contributed by atoms with Gasteiger partial charge < -0.3 is 15.0 Å². The number of rotatable bonds is 6. The van der Waals surface area contributed by atoms with Crippen LogP contribution in [0.2, 0.25) is 5.02 Å². The maximum Gasteiger partial charge on any atom is 0.308 e. The number of carbonyl (C=O) groups is 3. The summed E-state index contributed by atoms with van der Waals surface area (Å²) >= 11 is 5.89. The average Bonchev–Trinajstić information content (AvgIpc) is 2.59. The molecule has 0 saturated carbocycles. The van der Waals surface area contributed by atoms with Crippen LogP contribution in [-0.2, 0) is 19.1 Å². The predicted octanol–water partition coefficient (Wildman–Crippen LogP) is 3.24. The lowest BCUT2D eigenvalue weighted by molar-refractivity contribution is -0.155. The van der Waals surface area contributed by atoms with Crippen LogP contribution in [0.1, 0.15) is 58.1 Å². The van der Waals surface area contributed by atoms with Crippen LogP contribution in [-0.4, -0.2) is 41.4 Å². The zero-order chi connectivity index (χ0) is 20.0. The molecule has 0 bridgehead atoms. The van der Waals surface area contributed by atoms with E-state index in [-0.39, 0.29) is 36.9 Å². The maximum absolute atomic E-state index is 12.5. The predicted molar refractivity (Wildman–Crippen MR) is 103 cm³/mol. The van der Waals surface area contributed by atoms with Gasteiger partial charge in [-0.1, -0.05) is 23.7 Å². The van der Waals surface area contributed by atoms with Gasteiger partial charge in [0.1, 0.15) is 0 Å². The van der Waals surface area contributed by atoms with E-state index in [1.807, 2.05) is 13.8 Å². The molecule has 2 amide bonds. The normalized spacial score (nSPS) is 20.7. The number of ether oxygens (including phenoxy) is 1. The first-order chi connectivity index (χ1) is 12.8. The van der Waals surface area contributed by atoms with Crippen molar-refractivity contribution in [2.24, 2.45) is 0 Å². The van der Waals surface area contributed by atoms with Gasteiger partial charge in [-0.2, -0.15) is 0 Å². The standard InChI is InChI=1S/C20H27ClN2O4/c1-13-5-4-6-14(2)23(13)19(25)12-27-20(26)11-18(22-15(3)24)16-7-9-17(21)10-8-16/h7-10,13-14,18H,4-6,11-12H2,1-3H3,(H,22,24). The van der Waals surface area contributed by atoms with E-state index in [1.54, 1.807) is 29.2 Å². The Bertz CT molecular complexity index is 667. The van der Waals surface area contributed by atoms with E-state index in [9.17, 15) is 14.4 Å². The summed E-state index contributed by atoms with van der Waals surface area (Å²) < 4.78 is 5.20. The summed E-state index contributed by atoms with van der Waals surface area (Å²) in [6, 6.07) is 6.66. The highest BCUT2D eigenvalue weighted by Crippen LogP contribution is 2.23. The molecule has 6 nitrogen and oxygen atoms in total. The van der Waals surface area contributed by atoms with Gasteiger partial charge in [0, 0.05) is 24.0 Å². The van der Waals surface area contributed by atoms with Gasteiger partial charge in [0.2, 0.25) is 5.91 Å². The highest BCUT2D eigenvalue weighted by molar-refractivity contribution is 6.30. The minimum atomic E-state index is -0.533. The molecular weight excluding hydrogens is 368 g/mol. The van der Waals surface area contributed by atoms with Gasteiger partial charge in [-0.25, -0.2) is 0 Å². The van der Waals surface area contributed by atoms with Crippen molar-refractivity contribution in [3.63, 3.8) is 0 Å². The monoisotopic (exact) mass is 394 g/mol. The van der Waals surface area contributed by atoms with Crippen molar-refractivity contribution >= 4 is 29.4 Å². The lowest BCUT2D eigenvalue weighted by Crippen LogP contribution is -2.49. The molecule has 1 fully saturated rings. The first kappa shape index (κ1) is 21.2. The summed E-state index contributed by atoms with van der Waals surface area (Å²) in [7, 11) is 0. The first-order valence-corrected chi connectivity index (χ1v) is 9.65. The molecule has 1 aliphatic heterocycles. The Morgan fingerprint density at radius 3 is 2.33 bits per heavy atom. The number of esters is 1. The minimum Gasteiger partial charge on any atom is -0.455 e. The lowest BCUT2D eigenvalue weighted by Gasteiger charge is -2.38. The third-order valence-corrected chi connectivity index (χ3v) is 5.11. The van der Waals surface area contributed by atoms with E-state index < -0.39 is 12.0 Å². The molecule has 148 valence electrons. The van der Waals surface area contributed by atoms with Crippen molar-refractivity contribution < 1.29 is 19.1 Å². The fourth-order valence-electron chi connectivity index (χ4n) is 3.55. The first-order valence-electron chi connectivity index (χ1n) is 9.27. The van der Waals surface area contributed by atoms with E-state index >= 15 is 0 Å². The molecule has 3 unspecified atom stereocenters. The second-order valence-electron chi connectivity index (χ2n) is 7.10. The van der Waals surface area contributed by atoms with E-state index in [0.717, 1.165) is 24.8 Å². The zero-order valence-corrected chi connectivity index (χ0v) is 16.8. The van der Waals surface area contributed by atoms with Gasteiger partial charge in [0.05, 0.1) is 12.5 Å². The third kappa shape index (κ3) is 6.24. The number of carbonyl (C=O) groups excluding carboxylic acids is 3. The molecule has 0 aliphatic carbocycles. The molecular formula is C20H27ClN2O4. The maximum atomic E-state index is 12.5. The number of hydrogen-bond donors (Lipinski definition) is 1. The average molecular weight is 395 g/mol. The molecule has 1 N–H and O–H groups in total. The molecule has 27 heavy (non-hydrogen) atoms. The van der Waals surface area contributed by atoms with Crippen LogP contribution >= 0.6 is 11.6 Å². The summed E-state index contributed by atoms with van der Waals surface area (Å²) in [6.45, 7) is 5.14. The van der Waals surface area contributed by atoms with Crippen LogP contribution in [0.3, 0.4) is 0 Å². The van der Waals surface area contributed by atoms with E-state index in [0.29, 0.717) is 5.02 Å². The van der Waals surface area contributed by atoms with Crippen LogP contribution in [0.25, 0.3) is 0 Å². The summed E-state index contributed by atoms with van der Waals surface area (Å²) in [5.74, 6) is -0.963. The van der Waals surface area contributed by atoms with Crippen molar-refractivity contribution in [1.82, 2.24) is 10.2 Å². The second-order valence-corrected chi connectivity index (χ2v) is 7.54. The molecule has 7 heteroatoms. The summed E-state index contributed by atoms with van der Waals surface area (Å²) in [6.07, 6.45) is 2.97. The van der Waals surface area contributed by atoms with Gasteiger partial charge in [0.25, 0.3) is 5.91 Å². The zero-order valence-electron chi connectivity index (χ0n) is 16.0. The highest BCUT2D eigenvalue weighted by atomic mass is 35.5. The number of nitrogens with one attached hydrogen (secondary N) is 1. The topological polar surface area (TPSA) is 75.7 Å². The Balaban J connectivity index is 1.94. The Morgan fingerprint density at radius 1 is 1.19 bits per heavy atom. The Hall–Kier alpha value is -2.08. The smallest absolute Gasteiger partial charge is 0.308 e. The number of hydrogen-bond acceptors (Lipinski definition) is 4. The van der Waals surface area contributed by atoms with Gasteiger partial charge in [-0.3, -0.25) is 14.4 Å². The molecule has 0 spiro atoms. The Morgan fingerprint density at radius 2 is 1.78 bits per heavy atom. The van der Waals surface area contributed by atoms with Crippen molar-refractivity contribution in [2.75, 3.05) is 6.61 Å². The van der Waals surface area contributed by atoms with Crippen LogP contribution in [0.15, 0.2) is 24.3 Å². The quantitative estimate of drug-likeness (QED) is 0.751. The third-order valence-electron chi connectivity index (χ3n) is 4.86. The molecule has 1 aromatic rings. The molecule has 3 atom stereocenters. The summed E-state index contributed by atoms with van der Waals surface area (Å²) in [5, 5.41) is 3.30. The van der Waals surface area contributed by atoms with Crippen molar-refractivity contribution in [3.8, 4) is 0 Å². The largest absolute Gasteiger partial charge is 0.455 e. The second kappa shape index (κ2) is 9.74. The summed E-state index contributed by atoms with van der Waals surface area (Å²) in [4.78, 5) is 38.0. The van der Waals surface area contributed by atoms with Crippen molar-refractivity contribution in [2.45, 2.75) is 64.6 Å². The van der Waals surface area contributed by atoms with Crippen LogP contribution in [0, 0.1) is 0 Å². The molecule has 0 radical (unpaired) electrons. The van der Waals surface area contributed by atoms with Gasteiger partial charge >= 0.3 is 5.97 Å². The number of piperidine rings is 1. The minimum absolute atomic E-state index is 0.0560. The van der Waals surface area contributed by atoms with Gasteiger partial charge in [-0.15, -0.1) is 0 Å².